The van der Waals surface area contributed by atoms with E-state index in [2.05, 4.69) is 15.3 Å². The van der Waals surface area contributed by atoms with Crippen molar-refractivity contribution in [3.63, 3.8) is 0 Å². The van der Waals surface area contributed by atoms with E-state index in [9.17, 15) is 4.79 Å². The summed E-state index contributed by atoms with van der Waals surface area (Å²) in [5.41, 5.74) is 5.06. The van der Waals surface area contributed by atoms with Crippen LogP contribution in [0.2, 0.25) is 5.02 Å². The van der Waals surface area contributed by atoms with Gasteiger partial charge >= 0.3 is 5.97 Å². The fourth-order valence-electron chi connectivity index (χ4n) is 1.56. The van der Waals surface area contributed by atoms with Crippen LogP contribution in [0.15, 0.2) is 53.6 Å². The fourth-order valence-corrected chi connectivity index (χ4v) is 1.75. The van der Waals surface area contributed by atoms with Crippen molar-refractivity contribution in [2.75, 3.05) is 12.5 Å². The molecule has 0 saturated carbocycles. The van der Waals surface area contributed by atoms with Crippen molar-refractivity contribution in [2.24, 2.45) is 5.10 Å². The van der Waals surface area contributed by atoms with Crippen molar-refractivity contribution in [1.82, 2.24) is 0 Å². The van der Waals surface area contributed by atoms with Gasteiger partial charge in [0.05, 0.1) is 24.6 Å². The summed E-state index contributed by atoms with van der Waals surface area (Å²) < 4.78 is 4.63. The van der Waals surface area contributed by atoms with Gasteiger partial charge in [0.25, 0.3) is 0 Å². The summed E-state index contributed by atoms with van der Waals surface area (Å²) >= 11 is 5.87. The number of hydrogen-bond donors (Lipinski definition) is 1. The highest BCUT2D eigenvalue weighted by molar-refractivity contribution is 6.30. The van der Waals surface area contributed by atoms with Crippen LogP contribution in [-0.4, -0.2) is 19.3 Å². The van der Waals surface area contributed by atoms with E-state index in [1.54, 1.807) is 42.6 Å². The fraction of sp³-hybridized carbons (Fsp3) is 0.0667. The quantitative estimate of drug-likeness (QED) is 0.531. The summed E-state index contributed by atoms with van der Waals surface area (Å²) in [7, 11) is 1.35. The molecular formula is C15H13ClN2O2. The second-order valence-corrected chi connectivity index (χ2v) is 4.43. The van der Waals surface area contributed by atoms with E-state index in [1.807, 2.05) is 12.1 Å². The number of ether oxygens (including phenoxy) is 1. The van der Waals surface area contributed by atoms with Gasteiger partial charge in [-0.15, -0.1) is 0 Å². The molecule has 0 aliphatic rings. The molecule has 0 unspecified atom stereocenters. The van der Waals surface area contributed by atoms with Crippen molar-refractivity contribution in [3.8, 4) is 0 Å². The lowest BCUT2D eigenvalue weighted by Crippen LogP contribution is -2.00. The summed E-state index contributed by atoms with van der Waals surface area (Å²) in [5, 5.41) is 4.74. The van der Waals surface area contributed by atoms with Crippen molar-refractivity contribution in [3.05, 3.63) is 64.7 Å². The van der Waals surface area contributed by atoms with Crippen LogP contribution in [-0.2, 0) is 4.74 Å². The Kier molecular flexibility index (Phi) is 4.74. The van der Waals surface area contributed by atoms with Crippen LogP contribution in [0.3, 0.4) is 0 Å². The molecular weight excluding hydrogens is 276 g/mol. The smallest absolute Gasteiger partial charge is 0.337 e. The highest BCUT2D eigenvalue weighted by Crippen LogP contribution is 2.14. The largest absolute Gasteiger partial charge is 0.465 e. The molecule has 0 atom stereocenters. The lowest BCUT2D eigenvalue weighted by atomic mass is 10.1. The molecule has 2 rings (SSSR count). The number of carbonyl (C=O) groups excluding carboxylic acids is 1. The Morgan fingerprint density at radius 2 is 2.00 bits per heavy atom. The Hall–Kier alpha value is -2.33. The van der Waals surface area contributed by atoms with E-state index in [-0.39, 0.29) is 5.97 Å². The molecule has 0 amide bonds. The lowest BCUT2D eigenvalue weighted by molar-refractivity contribution is 0.0601. The molecule has 0 saturated heterocycles. The number of nitrogens with one attached hydrogen (secondary N) is 1. The first-order valence-electron chi connectivity index (χ1n) is 5.92. The highest BCUT2D eigenvalue weighted by atomic mass is 35.5. The Morgan fingerprint density at radius 3 is 2.65 bits per heavy atom. The van der Waals surface area contributed by atoms with Gasteiger partial charge in [0, 0.05) is 5.02 Å². The third-order valence-electron chi connectivity index (χ3n) is 2.56. The Balaban J connectivity index is 1.99. The van der Waals surface area contributed by atoms with Crippen LogP contribution in [0, 0.1) is 0 Å². The average molecular weight is 289 g/mol. The first-order chi connectivity index (χ1) is 9.69. The molecule has 2 aromatic rings. The van der Waals surface area contributed by atoms with E-state index in [0.29, 0.717) is 10.6 Å². The van der Waals surface area contributed by atoms with Crippen molar-refractivity contribution in [2.45, 2.75) is 0 Å². The van der Waals surface area contributed by atoms with E-state index in [1.165, 1.54) is 7.11 Å². The number of halogens is 1. The molecule has 0 heterocycles. The Morgan fingerprint density at radius 1 is 1.25 bits per heavy atom. The summed E-state index contributed by atoms with van der Waals surface area (Å²) in [5.74, 6) is -0.356. The topological polar surface area (TPSA) is 50.7 Å². The molecule has 0 radical (unpaired) electrons. The molecule has 0 aromatic heterocycles. The minimum absolute atomic E-state index is 0.356. The number of esters is 1. The first kappa shape index (κ1) is 14.1. The van der Waals surface area contributed by atoms with Crippen molar-refractivity contribution >= 4 is 29.5 Å². The van der Waals surface area contributed by atoms with E-state index in [0.717, 1.165) is 11.3 Å². The minimum Gasteiger partial charge on any atom is -0.465 e. The molecule has 5 heteroatoms. The van der Waals surface area contributed by atoms with Gasteiger partial charge in [-0.3, -0.25) is 5.43 Å². The van der Waals surface area contributed by atoms with Crippen LogP contribution in [0.5, 0.6) is 0 Å². The van der Waals surface area contributed by atoms with Gasteiger partial charge < -0.3 is 4.74 Å². The standard InChI is InChI=1S/C15H13ClN2O2/c1-20-15(19)12-7-5-11(6-8-12)10-17-18-14-4-2-3-13(16)9-14/h2-10,18H,1H3/b17-10-. The average Bonchev–Trinajstić information content (AvgIpc) is 2.47. The Labute approximate surface area is 122 Å². The van der Waals surface area contributed by atoms with Gasteiger partial charge in [0.2, 0.25) is 0 Å². The summed E-state index contributed by atoms with van der Waals surface area (Å²) in [6.45, 7) is 0. The second kappa shape index (κ2) is 6.73. The molecule has 2 aromatic carbocycles. The Bertz CT molecular complexity index is 624. The van der Waals surface area contributed by atoms with Gasteiger partial charge in [-0.25, -0.2) is 4.79 Å². The zero-order valence-electron chi connectivity index (χ0n) is 10.8. The van der Waals surface area contributed by atoms with Gasteiger partial charge in [-0.1, -0.05) is 29.8 Å². The molecule has 0 fully saturated rings. The van der Waals surface area contributed by atoms with Crippen LogP contribution in [0.4, 0.5) is 5.69 Å². The molecule has 0 spiro atoms. The molecule has 4 nitrogen and oxygen atoms in total. The van der Waals surface area contributed by atoms with Crippen molar-refractivity contribution in [1.29, 1.82) is 0 Å². The number of nitrogens with zero attached hydrogens (tertiary/aromatic N) is 1. The van der Waals surface area contributed by atoms with Crippen LogP contribution < -0.4 is 5.43 Å². The molecule has 102 valence electrons. The summed E-state index contributed by atoms with van der Waals surface area (Å²) in [4.78, 5) is 11.3. The second-order valence-electron chi connectivity index (χ2n) is 3.99. The predicted octanol–water partition coefficient (Wildman–Crippen LogP) is 3.57. The van der Waals surface area contributed by atoms with Crippen molar-refractivity contribution < 1.29 is 9.53 Å². The SMILES string of the molecule is COC(=O)c1ccc(/C=N\Nc2cccc(Cl)c2)cc1. The number of hydrogen-bond acceptors (Lipinski definition) is 4. The number of rotatable bonds is 4. The van der Waals surface area contributed by atoms with Crippen LogP contribution in [0.1, 0.15) is 15.9 Å². The molecule has 1 N–H and O–H groups in total. The number of carbonyl (C=O) groups is 1. The first-order valence-corrected chi connectivity index (χ1v) is 6.30. The summed E-state index contributed by atoms with van der Waals surface area (Å²) in [6, 6.07) is 14.2. The third kappa shape index (κ3) is 3.83. The highest BCUT2D eigenvalue weighted by Gasteiger charge is 2.03. The molecule has 0 aliphatic heterocycles. The van der Waals surface area contributed by atoms with Crippen LogP contribution >= 0.6 is 11.6 Å². The lowest BCUT2D eigenvalue weighted by Gasteiger charge is -2.01. The van der Waals surface area contributed by atoms with Gasteiger partial charge in [-0.05, 0) is 35.9 Å². The number of hydrazone groups is 1. The molecule has 20 heavy (non-hydrogen) atoms. The normalized spacial score (nSPS) is 10.5. The maximum atomic E-state index is 11.3. The zero-order valence-corrected chi connectivity index (χ0v) is 11.6. The van der Waals surface area contributed by atoms with Gasteiger partial charge in [-0.2, -0.15) is 5.10 Å². The number of benzene rings is 2. The molecule has 0 bridgehead atoms. The van der Waals surface area contributed by atoms with Gasteiger partial charge in [0.1, 0.15) is 0 Å². The number of anilines is 1. The predicted molar refractivity (Wildman–Crippen MR) is 80.5 cm³/mol. The summed E-state index contributed by atoms with van der Waals surface area (Å²) in [6.07, 6.45) is 1.65. The molecule has 0 aliphatic carbocycles. The zero-order chi connectivity index (χ0) is 14.4. The monoisotopic (exact) mass is 288 g/mol. The maximum Gasteiger partial charge on any atom is 0.337 e. The third-order valence-corrected chi connectivity index (χ3v) is 2.80. The van der Waals surface area contributed by atoms with Gasteiger partial charge in [0.15, 0.2) is 0 Å². The van der Waals surface area contributed by atoms with Crippen LogP contribution in [0.25, 0.3) is 0 Å². The van der Waals surface area contributed by atoms with E-state index in [4.69, 9.17) is 11.6 Å². The maximum absolute atomic E-state index is 11.3. The number of methoxy groups -OCH3 is 1. The van der Waals surface area contributed by atoms with E-state index < -0.39 is 0 Å². The van der Waals surface area contributed by atoms with E-state index >= 15 is 0 Å². The minimum atomic E-state index is -0.356.